The summed E-state index contributed by atoms with van der Waals surface area (Å²) in [5.41, 5.74) is 2.01. The van der Waals surface area contributed by atoms with E-state index in [1.54, 1.807) is 41.2 Å². The topological polar surface area (TPSA) is 67.2 Å². The van der Waals surface area contributed by atoms with Crippen LogP contribution in [-0.4, -0.2) is 20.6 Å². The second-order valence-electron chi connectivity index (χ2n) is 8.24. The number of nitrogens with one attached hydrogen (secondary N) is 1. The summed E-state index contributed by atoms with van der Waals surface area (Å²) >= 11 is 0. The maximum atomic E-state index is 13.3. The zero-order chi connectivity index (χ0) is 23.2. The summed E-state index contributed by atoms with van der Waals surface area (Å²) in [6, 6.07) is 14.4. The summed E-state index contributed by atoms with van der Waals surface area (Å²) in [7, 11) is 0. The van der Waals surface area contributed by atoms with Crippen molar-refractivity contribution in [3.05, 3.63) is 89.2 Å². The molecular weight excluding hydrogens is 431 g/mol. The van der Waals surface area contributed by atoms with Crippen LogP contribution in [-0.2, 0) is 12.7 Å². The minimum Gasteiger partial charge on any atom is -0.478 e. The third-order valence-electron chi connectivity index (χ3n) is 5.89. The van der Waals surface area contributed by atoms with Crippen LogP contribution in [0.2, 0.25) is 0 Å². The van der Waals surface area contributed by atoms with Gasteiger partial charge in [0.1, 0.15) is 11.4 Å². The molecule has 0 amide bonds. The van der Waals surface area contributed by atoms with Crippen LogP contribution in [0.1, 0.15) is 45.8 Å². The van der Waals surface area contributed by atoms with Crippen molar-refractivity contribution in [2.24, 2.45) is 0 Å². The highest BCUT2D eigenvalue weighted by Gasteiger charge is 2.33. The summed E-state index contributed by atoms with van der Waals surface area (Å²) in [6.07, 6.45) is 1.14. The number of pyridine rings is 1. The lowest BCUT2D eigenvalue weighted by Crippen LogP contribution is -2.11. The van der Waals surface area contributed by atoms with Crippen LogP contribution >= 0.6 is 0 Å². The van der Waals surface area contributed by atoms with Gasteiger partial charge in [-0.25, -0.2) is 9.78 Å². The SMILES string of the molecule is O=C(O)c1cc(C2CC2)cnc1Nc1ccc2c(ccn2Cc2ccccc2C(F)(F)F)c1. The quantitative estimate of drug-likeness (QED) is 0.355. The van der Waals surface area contributed by atoms with Crippen molar-refractivity contribution in [3.8, 4) is 0 Å². The Morgan fingerprint density at radius 3 is 2.64 bits per heavy atom. The lowest BCUT2D eigenvalue weighted by atomic mass is 10.1. The molecular formula is C25H20F3N3O2. The van der Waals surface area contributed by atoms with Crippen LogP contribution in [0.15, 0.2) is 67.0 Å². The molecule has 5 nitrogen and oxygen atoms in total. The van der Waals surface area contributed by atoms with Crippen molar-refractivity contribution < 1.29 is 23.1 Å². The van der Waals surface area contributed by atoms with E-state index in [4.69, 9.17) is 0 Å². The van der Waals surface area contributed by atoms with Crippen LogP contribution in [0, 0.1) is 0 Å². The molecule has 5 rings (SSSR count). The number of carboxylic acid groups (broad SMARTS) is 1. The maximum absolute atomic E-state index is 13.3. The number of anilines is 2. The fourth-order valence-corrected chi connectivity index (χ4v) is 4.05. The van der Waals surface area contributed by atoms with Crippen LogP contribution in [0.5, 0.6) is 0 Å². The van der Waals surface area contributed by atoms with Crippen molar-refractivity contribution in [2.45, 2.75) is 31.5 Å². The Morgan fingerprint density at radius 2 is 1.91 bits per heavy atom. The van der Waals surface area contributed by atoms with Crippen LogP contribution in [0.3, 0.4) is 0 Å². The van der Waals surface area contributed by atoms with E-state index in [2.05, 4.69) is 10.3 Å². The van der Waals surface area contributed by atoms with E-state index in [1.165, 1.54) is 12.1 Å². The molecule has 2 N–H and O–H groups in total. The summed E-state index contributed by atoms with van der Waals surface area (Å²) in [6.45, 7) is 0.0826. The van der Waals surface area contributed by atoms with Crippen molar-refractivity contribution >= 4 is 28.4 Å². The average Bonchev–Trinajstić information content (AvgIpc) is 3.55. The summed E-state index contributed by atoms with van der Waals surface area (Å²) in [5.74, 6) is -0.406. The zero-order valence-corrected chi connectivity index (χ0v) is 17.4. The van der Waals surface area contributed by atoms with Crippen LogP contribution < -0.4 is 5.32 Å². The van der Waals surface area contributed by atoms with Gasteiger partial charge in [0.25, 0.3) is 0 Å². The first-order valence-corrected chi connectivity index (χ1v) is 10.5. The second kappa shape index (κ2) is 7.95. The van der Waals surface area contributed by atoms with Gasteiger partial charge in [0.05, 0.1) is 5.56 Å². The lowest BCUT2D eigenvalue weighted by molar-refractivity contribution is -0.138. The number of alkyl halides is 3. The van der Waals surface area contributed by atoms with Crippen LogP contribution in [0.25, 0.3) is 10.9 Å². The minimum atomic E-state index is -4.42. The molecule has 0 unspecified atom stereocenters. The van der Waals surface area contributed by atoms with Gasteiger partial charge < -0.3 is 15.0 Å². The van der Waals surface area contributed by atoms with Gasteiger partial charge in [-0.1, -0.05) is 18.2 Å². The number of aromatic carboxylic acids is 1. The largest absolute Gasteiger partial charge is 0.478 e. The van der Waals surface area contributed by atoms with Gasteiger partial charge in [-0.15, -0.1) is 0 Å². The Balaban J connectivity index is 1.42. The fraction of sp³-hybridized carbons (Fsp3) is 0.200. The Bertz CT molecular complexity index is 1360. The van der Waals surface area contributed by atoms with Gasteiger partial charge in [-0.3, -0.25) is 0 Å². The van der Waals surface area contributed by atoms with Crippen molar-refractivity contribution in [1.29, 1.82) is 0 Å². The average molecular weight is 451 g/mol. The summed E-state index contributed by atoms with van der Waals surface area (Å²) < 4.78 is 41.8. The molecule has 33 heavy (non-hydrogen) atoms. The minimum absolute atomic E-state index is 0.0826. The maximum Gasteiger partial charge on any atom is 0.416 e. The molecule has 1 aliphatic carbocycles. The van der Waals surface area contributed by atoms with Crippen LogP contribution in [0.4, 0.5) is 24.7 Å². The van der Waals surface area contributed by atoms with Gasteiger partial charge in [0, 0.05) is 35.5 Å². The lowest BCUT2D eigenvalue weighted by Gasteiger charge is -2.14. The number of benzene rings is 2. The number of aromatic nitrogens is 2. The third kappa shape index (κ3) is 4.28. The molecule has 0 bridgehead atoms. The van der Waals surface area contributed by atoms with Gasteiger partial charge in [-0.2, -0.15) is 13.2 Å². The molecule has 0 saturated heterocycles. The smallest absolute Gasteiger partial charge is 0.416 e. The third-order valence-corrected chi connectivity index (χ3v) is 5.89. The standard InChI is InChI=1S/C25H20F3N3O2/c26-25(27,28)21-4-2-1-3-17(21)14-31-10-9-16-11-19(7-8-22(16)31)30-23-20(24(32)33)12-18(13-29-23)15-5-6-15/h1-4,7-13,15H,5-6,14H2,(H,29,30)(H,32,33). The number of carbonyl (C=O) groups is 1. The number of nitrogens with zero attached hydrogens (tertiary/aromatic N) is 2. The second-order valence-corrected chi connectivity index (χ2v) is 8.24. The number of hydrogen-bond donors (Lipinski definition) is 2. The van der Waals surface area contributed by atoms with E-state index in [9.17, 15) is 23.1 Å². The van der Waals surface area contributed by atoms with Gasteiger partial charge in [-0.05, 0) is 66.3 Å². The van der Waals surface area contributed by atoms with Crippen molar-refractivity contribution in [1.82, 2.24) is 9.55 Å². The normalized spacial score (nSPS) is 13.9. The van der Waals surface area contributed by atoms with E-state index < -0.39 is 17.7 Å². The number of hydrogen-bond acceptors (Lipinski definition) is 3. The molecule has 2 aromatic heterocycles. The Morgan fingerprint density at radius 1 is 1.12 bits per heavy atom. The van der Waals surface area contributed by atoms with Crippen molar-refractivity contribution in [3.63, 3.8) is 0 Å². The molecule has 168 valence electrons. The number of rotatable bonds is 6. The predicted octanol–water partition coefficient (Wildman–Crippen LogP) is 6.42. The molecule has 0 radical (unpaired) electrons. The highest BCUT2D eigenvalue weighted by atomic mass is 19.4. The van der Waals surface area contributed by atoms with E-state index in [1.807, 2.05) is 12.1 Å². The first kappa shape index (κ1) is 21.1. The summed E-state index contributed by atoms with van der Waals surface area (Å²) in [5, 5.41) is 13.5. The van der Waals surface area contributed by atoms with Gasteiger partial charge in [0.2, 0.25) is 0 Å². The monoisotopic (exact) mass is 451 g/mol. The van der Waals surface area contributed by atoms with Gasteiger partial charge in [0.15, 0.2) is 0 Å². The van der Waals surface area contributed by atoms with E-state index in [0.717, 1.165) is 35.4 Å². The van der Waals surface area contributed by atoms with E-state index >= 15 is 0 Å². The number of carboxylic acids is 1. The predicted molar refractivity (Wildman–Crippen MR) is 119 cm³/mol. The molecule has 2 aromatic carbocycles. The van der Waals surface area contributed by atoms with Gasteiger partial charge >= 0.3 is 12.1 Å². The molecule has 0 aliphatic heterocycles. The Kier molecular flexibility index (Phi) is 5.08. The first-order valence-electron chi connectivity index (χ1n) is 10.5. The first-order chi connectivity index (χ1) is 15.8. The molecule has 0 spiro atoms. The Labute approximate surface area is 187 Å². The number of fused-ring (bicyclic) bond motifs is 1. The molecule has 1 fully saturated rings. The zero-order valence-electron chi connectivity index (χ0n) is 17.4. The molecule has 0 atom stereocenters. The number of halogens is 3. The summed E-state index contributed by atoms with van der Waals surface area (Å²) in [4.78, 5) is 16.1. The molecule has 8 heteroatoms. The molecule has 1 saturated carbocycles. The fourth-order valence-electron chi connectivity index (χ4n) is 4.05. The highest BCUT2D eigenvalue weighted by molar-refractivity contribution is 5.95. The highest BCUT2D eigenvalue weighted by Crippen LogP contribution is 2.40. The molecule has 1 aliphatic rings. The molecule has 4 aromatic rings. The molecule has 2 heterocycles. The van der Waals surface area contributed by atoms with E-state index in [0.29, 0.717) is 11.6 Å². The van der Waals surface area contributed by atoms with Crippen molar-refractivity contribution in [2.75, 3.05) is 5.32 Å². The van der Waals surface area contributed by atoms with E-state index in [-0.39, 0.29) is 23.5 Å². The Hall–Kier alpha value is -3.81.